The molecule has 0 aromatic heterocycles. The second-order valence-electron chi connectivity index (χ2n) is 5.78. The van der Waals surface area contributed by atoms with Crippen LogP contribution in [0.2, 0.25) is 0 Å². The highest BCUT2D eigenvalue weighted by Gasteiger charge is 2.45. The predicted octanol–water partition coefficient (Wildman–Crippen LogP) is 3.01. The molecule has 1 fully saturated rings. The fourth-order valence-corrected chi connectivity index (χ4v) is 2.92. The number of benzene rings is 1. The Morgan fingerprint density at radius 3 is 2.76 bits per heavy atom. The molecule has 1 aromatic carbocycles. The number of urea groups is 1. The van der Waals surface area contributed by atoms with Gasteiger partial charge in [0.1, 0.15) is 0 Å². The molecule has 1 aliphatic rings. The van der Waals surface area contributed by atoms with Gasteiger partial charge < -0.3 is 15.7 Å². The van der Waals surface area contributed by atoms with Gasteiger partial charge in [-0.15, -0.1) is 0 Å². The third-order valence-corrected chi connectivity index (χ3v) is 4.40. The molecule has 2 atom stereocenters. The second kappa shape index (κ2) is 6.16. The molecular weight excluding hydrogens is 268 g/mol. The Kier molecular flexibility index (Phi) is 4.50. The van der Waals surface area contributed by atoms with Gasteiger partial charge in [-0.1, -0.05) is 31.5 Å². The summed E-state index contributed by atoms with van der Waals surface area (Å²) in [7, 11) is 0. The number of carbonyl (C=O) groups is 2. The zero-order valence-electron chi connectivity index (χ0n) is 12.5. The SMILES string of the molecule is CCc1ccccc1NC(=O)NC1CCCC1(C)C(=O)O. The lowest BCUT2D eigenvalue weighted by atomic mass is 9.85. The number of aliphatic carboxylic acids is 1. The summed E-state index contributed by atoms with van der Waals surface area (Å²) in [6.07, 6.45) is 2.94. The van der Waals surface area contributed by atoms with E-state index in [0.717, 1.165) is 24.1 Å². The van der Waals surface area contributed by atoms with E-state index in [1.165, 1.54) is 0 Å². The van der Waals surface area contributed by atoms with E-state index >= 15 is 0 Å². The number of carbonyl (C=O) groups excluding carboxylic acids is 1. The zero-order valence-corrected chi connectivity index (χ0v) is 12.5. The van der Waals surface area contributed by atoms with Crippen LogP contribution in [0.4, 0.5) is 10.5 Å². The van der Waals surface area contributed by atoms with Gasteiger partial charge in [-0.2, -0.15) is 0 Å². The molecule has 0 saturated heterocycles. The Morgan fingerprint density at radius 2 is 2.10 bits per heavy atom. The number of rotatable bonds is 4. The Hall–Kier alpha value is -2.04. The fraction of sp³-hybridized carbons (Fsp3) is 0.500. The summed E-state index contributed by atoms with van der Waals surface area (Å²) in [4.78, 5) is 23.5. The highest BCUT2D eigenvalue weighted by Crippen LogP contribution is 2.38. The summed E-state index contributed by atoms with van der Waals surface area (Å²) < 4.78 is 0. The maximum Gasteiger partial charge on any atom is 0.319 e. The van der Waals surface area contributed by atoms with Gasteiger partial charge in [-0.05, 0) is 37.8 Å². The van der Waals surface area contributed by atoms with Gasteiger partial charge in [0, 0.05) is 11.7 Å². The molecule has 1 aliphatic carbocycles. The van der Waals surface area contributed by atoms with E-state index in [0.29, 0.717) is 12.8 Å². The van der Waals surface area contributed by atoms with E-state index in [1.807, 2.05) is 31.2 Å². The monoisotopic (exact) mass is 290 g/mol. The van der Waals surface area contributed by atoms with Crippen molar-refractivity contribution in [3.8, 4) is 0 Å². The van der Waals surface area contributed by atoms with Gasteiger partial charge in [-0.25, -0.2) is 4.79 Å². The highest BCUT2D eigenvalue weighted by molar-refractivity contribution is 5.91. The van der Waals surface area contributed by atoms with Crippen LogP contribution in [0.3, 0.4) is 0 Å². The van der Waals surface area contributed by atoms with Crippen LogP contribution in [0.25, 0.3) is 0 Å². The second-order valence-corrected chi connectivity index (χ2v) is 5.78. The summed E-state index contributed by atoms with van der Waals surface area (Å²) in [6, 6.07) is 6.95. The van der Waals surface area contributed by atoms with Gasteiger partial charge in [0.15, 0.2) is 0 Å². The van der Waals surface area contributed by atoms with Crippen LogP contribution >= 0.6 is 0 Å². The summed E-state index contributed by atoms with van der Waals surface area (Å²) in [5.74, 6) is -0.848. The molecule has 2 amide bonds. The lowest BCUT2D eigenvalue weighted by molar-refractivity contribution is -0.148. The highest BCUT2D eigenvalue weighted by atomic mass is 16.4. The van der Waals surface area contributed by atoms with Crippen LogP contribution in [-0.2, 0) is 11.2 Å². The lowest BCUT2D eigenvalue weighted by Crippen LogP contribution is -2.48. The van der Waals surface area contributed by atoms with Gasteiger partial charge in [-0.3, -0.25) is 4.79 Å². The average molecular weight is 290 g/mol. The largest absolute Gasteiger partial charge is 0.481 e. The maximum absolute atomic E-state index is 12.1. The Morgan fingerprint density at radius 1 is 1.38 bits per heavy atom. The van der Waals surface area contributed by atoms with Crippen LogP contribution in [-0.4, -0.2) is 23.1 Å². The lowest BCUT2D eigenvalue weighted by Gasteiger charge is -2.27. The number of hydrogen-bond acceptors (Lipinski definition) is 2. The normalized spacial score (nSPS) is 24.6. The van der Waals surface area contributed by atoms with Crippen molar-refractivity contribution in [2.24, 2.45) is 5.41 Å². The molecule has 114 valence electrons. The van der Waals surface area contributed by atoms with Crippen molar-refractivity contribution in [3.63, 3.8) is 0 Å². The van der Waals surface area contributed by atoms with Crippen molar-refractivity contribution >= 4 is 17.7 Å². The molecule has 1 saturated carbocycles. The standard InChI is InChI=1S/C16H22N2O3/c1-3-11-7-4-5-8-12(11)17-15(21)18-13-9-6-10-16(13,2)14(19)20/h4-5,7-8,13H,3,6,9-10H2,1-2H3,(H,19,20)(H2,17,18,21). The molecule has 2 unspecified atom stereocenters. The molecular formula is C16H22N2O3. The summed E-state index contributed by atoms with van der Waals surface area (Å²) >= 11 is 0. The summed E-state index contributed by atoms with van der Waals surface area (Å²) in [5, 5.41) is 15.0. The molecule has 0 radical (unpaired) electrons. The fourth-order valence-electron chi connectivity index (χ4n) is 2.92. The Bertz CT molecular complexity index is 544. The minimum Gasteiger partial charge on any atom is -0.481 e. The number of carboxylic acid groups (broad SMARTS) is 1. The van der Waals surface area contributed by atoms with E-state index < -0.39 is 11.4 Å². The average Bonchev–Trinajstić information content (AvgIpc) is 2.82. The molecule has 1 aromatic rings. The first-order valence-corrected chi connectivity index (χ1v) is 7.36. The molecule has 0 spiro atoms. The number of aryl methyl sites for hydroxylation is 1. The number of carboxylic acids is 1. The molecule has 0 aliphatic heterocycles. The molecule has 2 rings (SSSR count). The van der Waals surface area contributed by atoms with Crippen molar-refractivity contribution in [1.29, 1.82) is 0 Å². The maximum atomic E-state index is 12.1. The molecule has 0 bridgehead atoms. The van der Waals surface area contributed by atoms with Gasteiger partial charge in [0.05, 0.1) is 5.41 Å². The van der Waals surface area contributed by atoms with Crippen molar-refractivity contribution in [1.82, 2.24) is 5.32 Å². The summed E-state index contributed by atoms with van der Waals surface area (Å²) in [5.41, 5.74) is 0.953. The first kappa shape index (κ1) is 15.4. The number of amides is 2. The Labute approximate surface area is 124 Å². The van der Waals surface area contributed by atoms with Crippen molar-refractivity contribution in [3.05, 3.63) is 29.8 Å². The zero-order chi connectivity index (χ0) is 15.5. The van der Waals surface area contributed by atoms with E-state index in [2.05, 4.69) is 10.6 Å². The minimum atomic E-state index is -0.873. The first-order valence-electron chi connectivity index (χ1n) is 7.36. The number of para-hydroxylation sites is 1. The third kappa shape index (κ3) is 3.17. The van der Waals surface area contributed by atoms with Crippen molar-refractivity contribution in [2.75, 3.05) is 5.32 Å². The number of nitrogens with one attached hydrogen (secondary N) is 2. The minimum absolute atomic E-state index is 0.330. The number of hydrogen-bond donors (Lipinski definition) is 3. The van der Waals surface area contributed by atoms with E-state index in [9.17, 15) is 14.7 Å². The van der Waals surface area contributed by atoms with Crippen LogP contribution in [0.15, 0.2) is 24.3 Å². The smallest absolute Gasteiger partial charge is 0.319 e. The molecule has 5 heteroatoms. The van der Waals surface area contributed by atoms with Crippen molar-refractivity contribution in [2.45, 2.75) is 45.6 Å². The third-order valence-electron chi connectivity index (χ3n) is 4.40. The number of anilines is 1. The van der Waals surface area contributed by atoms with Crippen LogP contribution < -0.4 is 10.6 Å². The summed E-state index contributed by atoms with van der Waals surface area (Å²) in [6.45, 7) is 3.73. The molecule has 3 N–H and O–H groups in total. The van der Waals surface area contributed by atoms with Crippen LogP contribution in [0.1, 0.15) is 38.7 Å². The molecule has 21 heavy (non-hydrogen) atoms. The van der Waals surface area contributed by atoms with Crippen LogP contribution in [0, 0.1) is 5.41 Å². The first-order chi connectivity index (χ1) is 9.97. The van der Waals surface area contributed by atoms with Gasteiger partial charge in [0.25, 0.3) is 0 Å². The van der Waals surface area contributed by atoms with Gasteiger partial charge in [0.2, 0.25) is 0 Å². The van der Waals surface area contributed by atoms with Crippen molar-refractivity contribution < 1.29 is 14.7 Å². The Balaban J connectivity index is 2.03. The topological polar surface area (TPSA) is 78.4 Å². The van der Waals surface area contributed by atoms with Crippen LogP contribution in [0.5, 0.6) is 0 Å². The van der Waals surface area contributed by atoms with E-state index in [1.54, 1.807) is 6.92 Å². The molecule has 0 heterocycles. The van der Waals surface area contributed by atoms with E-state index in [4.69, 9.17) is 0 Å². The molecule has 5 nitrogen and oxygen atoms in total. The quantitative estimate of drug-likeness (QED) is 0.797. The predicted molar refractivity (Wildman–Crippen MR) is 81.4 cm³/mol. The van der Waals surface area contributed by atoms with E-state index in [-0.39, 0.29) is 12.1 Å². The van der Waals surface area contributed by atoms with Gasteiger partial charge >= 0.3 is 12.0 Å².